The van der Waals surface area contributed by atoms with E-state index in [0.29, 0.717) is 11.9 Å². The minimum absolute atomic E-state index is 0.602. The molecule has 4 nitrogen and oxygen atoms in total. The number of benzene rings is 1. The molecular formula is C20H26BrN3O. The molecule has 2 fully saturated rings. The topological polar surface area (TPSA) is 42.2 Å². The van der Waals surface area contributed by atoms with Gasteiger partial charge in [0.05, 0.1) is 12.1 Å². The van der Waals surface area contributed by atoms with Crippen molar-refractivity contribution in [1.82, 2.24) is 15.1 Å². The van der Waals surface area contributed by atoms with Crippen LogP contribution in [0.4, 0.5) is 0 Å². The van der Waals surface area contributed by atoms with Crippen LogP contribution in [-0.2, 0) is 6.54 Å². The lowest BCUT2D eigenvalue weighted by Crippen LogP contribution is -2.31. The van der Waals surface area contributed by atoms with E-state index in [0.717, 1.165) is 34.9 Å². The molecule has 1 saturated heterocycles. The van der Waals surface area contributed by atoms with Gasteiger partial charge in [0.15, 0.2) is 0 Å². The molecule has 1 aliphatic heterocycles. The molecule has 0 bridgehead atoms. The lowest BCUT2D eigenvalue weighted by Gasteiger charge is -2.29. The highest BCUT2D eigenvalue weighted by Crippen LogP contribution is 2.33. The molecule has 2 aliphatic rings. The molecule has 134 valence electrons. The van der Waals surface area contributed by atoms with Crippen LogP contribution in [-0.4, -0.2) is 27.7 Å². The molecule has 1 atom stereocenters. The fourth-order valence-corrected chi connectivity index (χ4v) is 4.87. The number of aromatic nitrogens is 2. The van der Waals surface area contributed by atoms with E-state index in [-0.39, 0.29) is 0 Å². The maximum absolute atomic E-state index is 5.96. The Labute approximate surface area is 158 Å². The Morgan fingerprint density at radius 3 is 2.72 bits per heavy atom. The summed E-state index contributed by atoms with van der Waals surface area (Å²) in [5, 5.41) is 8.56. The highest BCUT2D eigenvalue weighted by atomic mass is 79.9. The lowest BCUT2D eigenvalue weighted by molar-refractivity contribution is 0.179. The summed E-state index contributed by atoms with van der Waals surface area (Å²) in [6, 6.07) is 8.68. The first-order chi connectivity index (χ1) is 12.3. The molecule has 0 unspecified atom stereocenters. The Morgan fingerprint density at radius 1 is 1.04 bits per heavy atom. The Kier molecular flexibility index (Phi) is 5.51. The molecule has 1 aliphatic carbocycles. The lowest BCUT2D eigenvalue weighted by atomic mass is 9.84. The average molecular weight is 404 g/mol. The van der Waals surface area contributed by atoms with Crippen LogP contribution >= 0.6 is 15.9 Å². The summed E-state index contributed by atoms with van der Waals surface area (Å²) < 4.78 is 6.94. The van der Waals surface area contributed by atoms with E-state index < -0.39 is 0 Å². The van der Waals surface area contributed by atoms with Gasteiger partial charge in [-0.3, -0.25) is 4.90 Å². The van der Waals surface area contributed by atoms with Crippen molar-refractivity contribution in [2.24, 2.45) is 5.92 Å². The third-order valence-corrected chi connectivity index (χ3v) is 6.43. The molecule has 0 spiro atoms. The zero-order valence-electron chi connectivity index (χ0n) is 14.7. The molecule has 1 aromatic heterocycles. The van der Waals surface area contributed by atoms with Gasteiger partial charge in [-0.1, -0.05) is 44.2 Å². The predicted molar refractivity (Wildman–Crippen MR) is 102 cm³/mol. The zero-order chi connectivity index (χ0) is 17.1. The average Bonchev–Trinajstić information content (AvgIpc) is 3.27. The second kappa shape index (κ2) is 8.00. The second-order valence-corrected chi connectivity index (χ2v) is 8.34. The number of hydrogen-bond donors (Lipinski definition) is 0. The van der Waals surface area contributed by atoms with Gasteiger partial charge in [0.2, 0.25) is 11.8 Å². The predicted octanol–water partition coefficient (Wildman–Crippen LogP) is 5.43. The van der Waals surface area contributed by atoms with Crippen LogP contribution in [0, 0.1) is 5.92 Å². The van der Waals surface area contributed by atoms with Gasteiger partial charge in [0.25, 0.3) is 0 Å². The van der Waals surface area contributed by atoms with Gasteiger partial charge >= 0.3 is 0 Å². The Balaban J connectivity index is 1.40. The van der Waals surface area contributed by atoms with E-state index in [9.17, 15) is 0 Å². The molecule has 1 saturated carbocycles. The van der Waals surface area contributed by atoms with Crippen molar-refractivity contribution in [1.29, 1.82) is 0 Å². The van der Waals surface area contributed by atoms with E-state index >= 15 is 0 Å². The minimum atomic E-state index is 0.602. The molecule has 1 aromatic carbocycles. The third kappa shape index (κ3) is 4.14. The largest absolute Gasteiger partial charge is 0.419 e. The summed E-state index contributed by atoms with van der Waals surface area (Å²) in [5.74, 6) is 2.27. The van der Waals surface area contributed by atoms with Crippen molar-refractivity contribution in [3.63, 3.8) is 0 Å². The summed E-state index contributed by atoms with van der Waals surface area (Å²) in [5.41, 5.74) is 0.960. The molecule has 4 rings (SSSR count). The number of rotatable bonds is 5. The van der Waals surface area contributed by atoms with Crippen LogP contribution in [0.5, 0.6) is 0 Å². The number of halogens is 1. The maximum atomic E-state index is 5.96. The molecule has 0 N–H and O–H groups in total. The van der Waals surface area contributed by atoms with Gasteiger partial charge in [-0.15, -0.1) is 10.2 Å². The zero-order valence-corrected chi connectivity index (χ0v) is 16.2. The monoisotopic (exact) mass is 403 g/mol. The molecule has 5 heteroatoms. The summed E-state index contributed by atoms with van der Waals surface area (Å²) >= 11 is 3.56. The van der Waals surface area contributed by atoms with Crippen molar-refractivity contribution >= 4 is 15.9 Å². The first-order valence-corrected chi connectivity index (χ1v) is 10.4. The highest BCUT2D eigenvalue weighted by Gasteiger charge is 2.29. The van der Waals surface area contributed by atoms with E-state index in [1.165, 1.54) is 51.4 Å². The van der Waals surface area contributed by atoms with Gasteiger partial charge in [-0.05, 0) is 59.8 Å². The van der Waals surface area contributed by atoms with Gasteiger partial charge < -0.3 is 4.42 Å². The fourth-order valence-electron chi connectivity index (χ4n) is 4.41. The fraction of sp³-hybridized carbons (Fsp3) is 0.600. The second-order valence-electron chi connectivity index (χ2n) is 7.49. The smallest absolute Gasteiger partial charge is 0.248 e. The molecule has 2 aromatic rings. The van der Waals surface area contributed by atoms with Crippen LogP contribution in [0.3, 0.4) is 0 Å². The van der Waals surface area contributed by atoms with Crippen LogP contribution < -0.4 is 0 Å². The SMILES string of the molecule is Brc1ccccc1-c1nnc(CN2CCC[C@H]2CC2CCCCC2)o1. The molecule has 0 amide bonds. The van der Waals surface area contributed by atoms with Gasteiger partial charge in [0.1, 0.15) is 0 Å². The first-order valence-electron chi connectivity index (χ1n) is 9.61. The van der Waals surface area contributed by atoms with E-state index in [1.807, 2.05) is 24.3 Å². The van der Waals surface area contributed by atoms with Gasteiger partial charge in [-0.25, -0.2) is 0 Å². The number of nitrogens with zero attached hydrogens (tertiary/aromatic N) is 3. The van der Waals surface area contributed by atoms with Gasteiger partial charge in [-0.2, -0.15) is 0 Å². The highest BCUT2D eigenvalue weighted by molar-refractivity contribution is 9.10. The Morgan fingerprint density at radius 2 is 1.88 bits per heavy atom. The van der Waals surface area contributed by atoms with Crippen molar-refractivity contribution < 1.29 is 4.42 Å². The Hall–Kier alpha value is -1.20. The molecule has 0 radical (unpaired) electrons. The minimum Gasteiger partial charge on any atom is -0.419 e. The standard InChI is InChI=1S/C20H26BrN3O/c21-18-11-5-4-10-17(18)20-23-22-19(25-20)14-24-12-6-9-16(24)13-15-7-2-1-3-8-15/h4-5,10-11,15-16H,1-3,6-9,12-14H2/t16-/m0/s1. The summed E-state index contributed by atoms with van der Waals surface area (Å²) in [6.07, 6.45) is 11.1. The molecule has 2 heterocycles. The van der Waals surface area contributed by atoms with E-state index in [2.05, 4.69) is 31.0 Å². The molecule has 25 heavy (non-hydrogen) atoms. The van der Waals surface area contributed by atoms with Crippen LogP contribution in [0.25, 0.3) is 11.5 Å². The Bertz CT molecular complexity index is 696. The van der Waals surface area contributed by atoms with Gasteiger partial charge in [0, 0.05) is 10.5 Å². The van der Waals surface area contributed by atoms with Crippen molar-refractivity contribution in [2.75, 3.05) is 6.54 Å². The maximum Gasteiger partial charge on any atom is 0.248 e. The van der Waals surface area contributed by atoms with Crippen LogP contribution in [0.2, 0.25) is 0 Å². The van der Waals surface area contributed by atoms with Crippen molar-refractivity contribution in [2.45, 2.75) is 64.0 Å². The third-order valence-electron chi connectivity index (χ3n) is 5.74. The van der Waals surface area contributed by atoms with Crippen molar-refractivity contribution in [3.8, 4) is 11.5 Å². The first kappa shape index (κ1) is 17.2. The summed E-state index contributed by atoms with van der Waals surface area (Å²) in [7, 11) is 0. The summed E-state index contributed by atoms with van der Waals surface area (Å²) in [6.45, 7) is 1.94. The number of likely N-dealkylation sites (tertiary alicyclic amines) is 1. The quantitative estimate of drug-likeness (QED) is 0.666. The van der Waals surface area contributed by atoms with Crippen LogP contribution in [0.15, 0.2) is 33.2 Å². The van der Waals surface area contributed by atoms with Crippen LogP contribution in [0.1, 0.15) is 57.3 Å². The number of hydrogen-bond acceptors (Lipinski definition) is 4. The molecular weight excluding hydrogens is 378 g/mol. The van der Waals surface area contributed by atoms with Crippen molar-refractivity contribution in [3.05, 3.63) is 34.6 Å². The normalized spacial score (nSPS) is 22.5. The van der Waals surface area contributed by atoms with E-state index in [1.54, 1.807) is 0 Å². The van der Waals surface area contributed by atoms with E-state index in [4.69, 9.17) is 4.42 Å². The summed E-state index contributed by atoms with van der Waals surface area (Å²) in [4.78, 5) is 2.56.